The van der Waals surface area contributed by atoms with Gasteiger partial charge in [0.15, 0.2) is 15.7 Å². The third-order valence-corrected chi connectivity index (χ3v) is 5.57. The van der Waals surface area contributed by atoms with Crippen molar-refractivity contribution in [1.29, 1.82) is 0 Å². The normalized spacial score (nSPS) is 10.9. The second kappa shape index (κ2) is 10.7. The highest BCUT2D eigenvalue weighted by Gasteiger charge is 2.11. The van der Waals surface area contributed by atoms with Gasteiger partial charge in [0.1, 0.15) is 11.6 Å². The highest BCUT2D eigenvalue weighted by molar-refractivity contribution is 7.90. The van der Waals surface area contributed by atoms with Crippen LogP contribution in [0.15, 0.2) is 65.7 Å². The highest BCUT2D eigenvalue weighted by Crippen LogP contribution is 2.22. The Kier molecular flexibility index (Phi) is 7.70. The Bertz CT molecular complexity index is 1290. The van der Waals surface area contributed by atoms with E-state index in [1.165, 1.54) is 23.9 Å². The Balaban J connectivity index is 0.000000286. The van der Waals surface area contributed by atoms with Gasteiger partial charge in [-0.25, -0.2) is 18.4 Å². The largest absolute Gasteiger partial charge is 0.396 e. The first kappa shape index (κ1) is 23.8. The van der Waals surface area contributed by atoms with Crippen molar-refractivity contribution in [3.8, 4) is 11.4 Å². The minimum absolute atomic E-state index is 0.235. The fourth-order valence-electron chi connectivity index (χ4n) is 2.78. The molecule has 33 heavy (non-hydrogen) atoms. The topological polar surface area (TPSA) is 160 Å². The maximum absolute atomic E-state index is 11.4. The summed E-state index contributed by atoms with van der Waals surface area (Å²) in [5.74, 6) is 1.61. The monoisotopic (exact) mass is 467 g/mol. The molecule has 2 aromatic heterocycles. The van der Waals surface area contributed by atoms with Crippen molar-refractivity contribution in [2.45, 2.75) is 18.2 Å². The molecule has 0 radical (unpaired) electrons. The number of aliphatic hydroxyl groups is 1. The Morgan fingerprint density at radius 1 is 1.06 bits per heavy atom. The number of aliphatic hydroxyl groups excluding tert-OH is 1. The molecule has 0 fully saturated rings. The summed E-state index contributed by atoms with van der Waals surface area (Å²) >= 11 is 0. The van der Waals surface area contributed by atoms with Crippen LogP contribution in [0.3, 0.4) is 0 Å². The van der Waals surface area contributed by atoms with Crippen LogP contribution >= 0.6 is 0 Å². The number of aromatic amines is 1. The van der Waals surface area contributed by atoms with Gasteiger partial charge in [-0.2, -0.15) is 10.1 Å². The molecule has 11 heteroatoms. The van der Waals surface area contributed by atoms with Crippen molar-refractivity contribution in [2.24, 2.45) is 0 Å². The number of nitrogens with zero attached hydrogens (tertiary/aromatic N) is 4. The number of benzene rings is 2. The van der Waals surface area contributed by atoms with E-state index in [0.29, 0.717) is 22.9 Å². The Labute approximate surface area is 191 Å². The summed E-state index contributed by atoms with van der Waals surface area (Å²) in [5, 5.41) is 18.2. The molecule has 0 atom stereocenters. The van der Waals surface area contributed by atoms with Crippen LogP contribution < -0.4 is 11.1 Å². The highest BCUT2D eigenvalue weighted by atomic mass is 32.2. The molecular weight excluding hydrogens is 442 g/mol. The Morgan fingerprint density at radius 3 is 2.30 bits per heavy atom. The molecule has 0 bridgehead atoms. The van der Waals surface area contributed by atoms with E-state index in [1.54, 1.807) is 19.1 Å². The van der Waals surface area contributed by atoms with E-state index in [1.807, 2.05) is 30.3 Å². The molecule has 2 aromatic carbocycles. The zero-order valence-electron chi connectivity index (χ0n) is 18.2. The summed E-state index contributed by atoms with van der Waals surface area (Å²) in [5.41, 5.74) is 8.29. The van der Waals surface area contributed by atoms with Gasteiger partial charge < -0.3 is 16.2 Å². The van der Waals surface area contributed by atoms with Gasteiger partial charge in [0.2, 0.25) is 5.95 Å². The molecule has 10 nitrogen and oxygen atoms in total. The number of hydrogen-bond donors (Lipinski definition) is 4. The van der Waals surface area contributed by atoms with Crippen molar-refractivity contribution < 1.29 is 13.5 Å². The van der Waals surface area contributed by atoms with E-state index in [9.17, 15) is 8.42 Å². The second-order valence-electron chi connectivity index (χ2n) is 7.12. The van der Waals surface area contributed by atoms with Gasteiger partial charge in [-0.3, -0.25) is 5.10 Å². The number of hydrogen-bond acceptors (Lipinski definition) is 9. The van der Waals surface area contributed by atoms with Crippen molar-refractivity contribution >= 4 is 27.3 Å². The maximum Gasteiger partial charge on any atom is 0.229 e. The zero-order chi connectivity index (χ0) is 23.8. The summed E-state index contributed by atoms with van der Waals surface area (Å²) in [6, 6.07) is 16.2. The van der Waals surface area contributed by atoms with Crippen LogP contribution in [0.25, 0.3) is 11.4 Å². The molecule has 0 aliphatic heterocycles. The van der Waals surface area contributed by atoms with Gasteiger partial charge in [-0.05, 0) is 43.2 Å². The van der Waals surface area contributed by atoms with Gasteiger partial charge in [-0.1, -0.05) is 30.3 Å². The fourth-order valence-corrected chi connectivity index (χ4v) is 3.41. The molecule has 0 unspecified atom stereocenters. The van der Waals surface area contributed by atoms with E-state index in [4.69, 9.17) is 10.8 Å². The SMILES string of the molecule is Cc1nc(-c2cnc(Nc3ccc(S(C)(=O)=O)cc3)nc2N)n[nH]1.OCCc1ccccc1. The van der Waals surface area contributed by atoms with Crippen LogP contribution in [-0.4, -0.2) is 51.5 Å². The molecule has 2 heterocycles. The van der Waals surface area contributed by atoms with Crippen LogP contribution in [0, 0.1) is 6.92 Å². The molecule has 4 rings (SSSR count). The third-order valence-electron chi connectivity index (χ3n) is 4.44. The third kappa shape index (κ3) is 6.82. The first-order valence-electron chi connectivity index (χ1n) is 10.00. The van der Waals surface area contributed by atoms with Gasteiger partial charge >= 0.3 is 0 Å². The minimum atomic E-state index is -3.23. The average molecular weight is 468 g/mol. The van der Waals surface area contributed by atoms with E-state index in [2.05, 4.69) is 30.5 Å². The van der Waals surface area contributed by atoms with E-state index < -0.39 is 9.84 Å². The number of nitrogens with one attached hydrogen (secondary N) is 2. The predicted molar refractivity (Wildman–Crippen MR) is 127 cm³/mol. The van der Waals surface area contributed by atoms with Crippen LogP contribution in [0.4, 0.5) is 17.5 Å². The summed E-state index contributed by atoms with van der Waals surface area (Å²) in [6.07, 6.45) is 3.45. The molecule has 4 aromatic rings. The number of sulfone groups is 1. The van der Waals surface area contributed by atoms with Crippen LogP contribution in [0.2, 0.25) is 0 Å². The van der Waals surface area contributed by atoms with E-state index in [-0.39, 0.29) is 23.3 Å². The summed E-state index contributed by atoms with van der Waals surface area (Å²) in [6.45, 7) is 2.02. The molecule has 5 N–H and O–H groups in total. The summed E-state index contributed by atoms with van der Waals surface area (Å²) < 4.78 is 22.9. The minimum Gasteiger partial charge on any atom is -0.396 e. The molecule has 0 saturated carbocycles. The molecule has 0 amide bonds. The number of H-pyrrole nitrogens is 1. The molecule has 0 aliphatic rings. The van der Waals surface area contributed by atoms with Crippen molar-refractivity contribution in [2.75, 3.05) is 23.9 Å². The van der Waals surface area contributed by atoms with Gasteiger partial charge in [0, 0.05) is 24.7 Å². The zero-order valence-corrected chi connectivity index (χ0v) is 19.0. The van der Waals surface area contributed by atoms with E-state index >= 15 is 0 Å². The Hall–Kier alpha value is -3.83. The fraction of sp³-hybridized carbons (Fsp3) is 0.182. The standard InChI is InChI=1S/C14H15N7O2S.C8H10O/c1-8-17-13(21-20-8)11-7-16-14(19-12(11)15)18-9-3-5-10(6-4-9)24(2,22)23;9-7-6-8-4-2-1-3-5-8/h3-7H,1-2H3,(H,17,20,21)(H3,15,16,18,19);1-5,9H,6-7H2. The quantitative estimate of drug-likeness (QED) is 0.334. The second-order valence-corrected chi connectivity index (χ2v) is 9.13. The van der Waals surface area contributed by atoms with Crippen molar-refractivity contribution in [1.82, 2.24) is 25.1 Å². The first-order valence-corrected chi connectivity index (χ1v) is 11.9. The van der Waals surface area contributed by atoms with E-state index in [0.717, 1.165) is 12.7 Å². The molecule has 0 saturated heterocycles. The maximum atomic E-state index is 11.4. The summed E-state index contributed by atoms with van der Waals surface area (Å²) in [4.78, 5) is 12.8. The van der Waals surface area contributed by atoms with Gasteiger partial charge in [-0.15, -0.1) is 0 Å². The van der Waals surface area contributed by atoms with Gasteiger partial charge in [0.25, 0.3) is 0 Å². The number of aryl methyl sites for hydroxylation is 1. The number of nitrogen functional groups attached to an aromatic ring is 1. The average Bonchev–Trinajstić information content (AvgIpc) is 3.21. The number of rotatable bonds is 6. The predicted octanol–water partition coefficient (Wildman–Crippen LogP) is 2.52. The van der Waals surface area contributed by atoms with Crippen LogP contribution in [0.1, 0.15) is 11.4 Å². The van der Waals surface area contributed by atoms with Crippen LogP contribution in [-0.2, 0) is 16.3 Å². The van der Waals surface area contributed by atoms with Crippen molar-refractivity contribution in [3.05, 3.63) is 72.2 Å². The lowest BCUT2D eigenvalue weighted by Crippen LogP contribution is -2.03. The number of aromatic nitrogens is 5. The molecular formula is C22H25N7O3S. The molecule has 0 spiro atoms. The lowest BCUT2D eigenvalue weighted by atomic mass is 10.2. The number of nitrogens with two attached hydrogens (primary N) is 1. The summed E-state index contributed by atoms with van der Waals surface area (Å²) in [7, 11) is -3.23. The first-order chi connectivity index (χ1) is 15.8. The van der Waals surface area contributed by atoms with Crippen molar-refractivity contribution in [3.63, 3.8) is 0 Å². The smallest absolute Gasteiger partial charge is 0.229 e. The molecule has 172 valence electrons. The molecule has 0 aliphatic carbocycles. The lowest BCUT2D eigenvalue weighted by Gasteiger charge is -2.07. The Morgan fingerprint density at radius 2 is 1.76 bits per heavy atom. The van der Waals surface area contributed by atoms with Gasteiger partial charge in [0.05, 0.1) is 10.5 Å². The number of anilines is 3. The lowest BCUT2D eigenvalue weighted by molar-refractivity contribution is 0.299. The van der Waals surface area contributed by atoms with Crippen LogP contribution in [0.5, 0.6) is 0 Å².